The summed E-state index contributed by atoms with van der Waals surface area (Å²) in [5.74, 6) is -1.46. The summed E-state index contributed by atoms with van der Waals surface area (Å²) < 4.78 is 6.88. The van der Waals surface area contributed by atoms with E-state index in [2.05, 4.69) is 10.6 Å². The van der Waals surface area contributed by atoms with Gasteiger partial charge in [0.05, 0.1) is 12.7 Å². The van der Waals surface area contributed by atoms with Crippen LogP contribution < -0.4 is 10.6 Å². The Kier molecular flexibility index (Phi) is 7.47. The summed E-state index contributed by atoms with van der Waals surface area (Å²) in [5.41, 5.74) is 6.13. The number of nitrogens with zero attached hydrogens (tertiary/aromatic N) is 2. The van der Waals surface area contributed by atoms with Gasteiger partial charge in [-0.05, 0) is 74.2 Å². The molecule has 9 heteroatoms. The molecule has 2 heterocycles. The third-order valence-electron chi connectivity index (χ3n) is 6.66. The Morgan fingerprint density at radius 3 is 2.50 bits per heavy atom. The van der Waals surface area contributed by atoms with E-state index in [0.717, 1.165) is 45.1 Å². The van der Waals surface area contributed by atoms with Crippen molar-refractivity contribution in [3.05, 3.63) is 87.9 Å². The molecule has 0 spiro atoms. The summed E-state index contributed by atoms with van der Waals surface area (Å²) >= 11 is 0. The Morgan fingerprint density at radius 1 is 1.05 bits per heavy atom. The van der Waals surface area contributed by atoms with Gasteiger partial charge in [-0.15, -0.1) is 0 Å². The van der Waals surface area contributed by atoms with E-state index >= 15 is 0 Å². The van der Waals surface area contributed by atoms with Gasteiger partial charge in [0.25, 0.3) is 5.91 Å². The molecule has 0 unspecified atom stereocenters. The molecule has 1 aliphatic rings. The second-order valence-electron chi connectivity index (χ2n) is 9.04. The van der Waals surface area contributed by atoms with Gasteiger partial charge in [-0.3, -0.25) is 9.59 Å². The van der Waals surface area contributed by atoms with Gasteiger partial charge in [0.1, 0.15) is 12.2 Å². The monoisotopic (exact) mass is 514 g/mol. The summed E-state index contributed by atoms with van der Waals surface area (Å²) in [6.45, 7) is 7.23. The van der Waals surface area contributed by atoms with Crippen LogP contribution >= 0.6 is 0 Å². The fourth-order valence-corrected chi connectivity index (χ4v) is 4.66. The van der Waals surface area contributed by atoms with Crippen molar-refractivity contribution in [3.8, 4) is 5.69 Å². The molecule has 1 aromatic heterocycles. The number of para-hydroxylation sites is 1. The van der Waals surface area contributed by atoms with Gasteiger partial charge in [0.15, 0.2) is 0 Å². The molecule has 9 nitrogen and oxygen atoms in total. The zero-order valence-corrected chi connectivity index (χ0v) is 22.0. The Labute approximate surface area is 221 Å². The number of rotatable bonds is 7. The Balaban J connectivity index is 1.57. The van der Waals surface area contributed by atoms with Crippen molar-refractivity contribution in [2.24, 2.45) is 0 Å². The van der Waals surface area contributed by atoms with Gasteiger partial charge < -0.3 is 19.9 Å². The number of anilines is 1. The quantitative estimate of drug-likeness (QED) is 0.278. The molecule has 0 aliphatic carbocycles. The molecule has 0 bridgehead atoms. The first-order valence-electron chi connectivity index (χ1n) is 12.3. The Hall–Kier alpha value is -4.66. The minimum absolute atomic E-state index is 0.0806. The number of carbonyl (C=O) groups excluding carboxylic acids is 4. The van der Waals surface area contributed by atoms with Crippen LogP contribution in [0.1, 0.15) is 45.4 Å². The van der Waals surface area contributed by atoms with Crippen LogP contribution in [-0.4, -0.2) is 46.9 Å². The molecule has 38 heavy (non-hydrogen) atoms. The molecule has 4 rings (SSSR count). The number of urea groups is 1. The summed E-state index contributed by atoms with van der Waals surface area (Å²) in [4.78, 5) is 51.3. The van der Waals surface area contributed by atoms with Crippen LogP contribution in [0.2, 0.25) is 0 Å². The molecule has 196 valence electrons. The van der Waals surface area contributed by atoms with E-state index in [1.807, 2.05) is 62.6 Å². The zero-order valence-electron chi connectivity index (χ0n) is 22.0. The van der Waals surface area contributed by atoms with Crippen LogP contribution in [0, 0.1) is 20.8 Å². The van der Waals surface area contributed by atoms with Gasteiger partial charge in [-0.25, -0.2) is 14.5 Å². The summed E-state index contributed by atoms with van der Waals surface area (Å²) in [5, 5.41) is 5.37. The molecule has 3 aromatic rings. The molecule has 1 fully saturated rings. The molecule has 0 atom stereocenters. The maximum absolute atomic E-state index is 13.0. The second kappa shape index (κ2) is 10.8. The minimum Gasteiger partial charge on any atom is -0.465 e. The highest BCUT2D eigenvalue weighted by Gasteiger charge is 2.35. The summed E-state index contributed by atoms with van der Waals surface area (Å²) in [6, 6.07) is 14.0. The molecule has 0 radical (unpaired) electrons. The van der Waals surface area contributed by atoms with Gasteiger partial charge in [-0.1, -0.05) is 31.2 Å². The van der Waals surface area contributed by atoms with Crippen molar-refractivity contribution in [3.63, 3.8) is 0 Å². The van der Waals surface area contributed by atoms with Crippen molar-refractivity contribution >= 4 is 35.6 Å². The van der Waals surface area contributed by atoms with Crippen molar-refractivity contribution in [1.82, 2.24) is 14.8 Å². The van der Waals surface area contributed by atoms with Gasteiger partial charge in [0.2, 0.25) is 5.91 Å². The highest BCUT2D eigenvalue weighted by molar-refractivity contribution is 6.16. The average molecular weight is 515 g/mol. The van der Waals surface area contributed by atoms with Gasteiger partial charge >= 0.3 is 12.0 Å². The largest absolute Gasteiger partial charge is 0.465 e. The predicted molar refractivity (Wildman–Crippen MR) is 144 cm³/mol. The number of ether oxygens (including phenoxy) is 1. The number of carbonyl (C=O) groups is 4. The number of hydrogen-bond donors (Lipinski definition) is 2. The molecule has 2 N–H and O–H groups in total. The van der Waals surface area contributed by atoms with Crippen LogP contribution in [0.5, 0.6) is 0 Å². The standard InChI is InChI=1S/C29H30N4O5/c1-6-20-10-7-8-12-23(20)30-26(34)16-32-27(35)24(31-29(32)37)15-21-14-17(2)33(19(21)4)25-13-9-11-22(18(25)3)28(36)38-5/h7-15H,6,16H2,1-5H3,(H,30,34)(H,31,37)/b24-15+. The van der Waals surface area contributed by atoms with Crippen molar-refractivity contribution < 1.29 is 23.9 Å². The van der Waals surface area contributed by atoms with E-state index in [4.69, 9.17) is 4.74 Å². The van der Waals surface area contributed by atoms with Gasteiger partial charge in [-0.2, -0.15) is 0 Å². The molecule has 1 aliphatic heterocycles. The normalized spacial score (nSPS) is 14.1. The second-order valence-corrected chi connectivity index (χ2v) is 9.04. The number of imide groups is 1. The van der Waals surface area contributed by atoms with E-state index < -0.39 is 30.4 Å². The van der Waals surface area contributed by atoms with Crippen molar-refractivity contribution in [2.75, 3.05) is 19.0 Å². The van der Waals surface area contributed by atoms with Crippen LogP contribution in [0.3, 0.4) is 0 Å². The Morgan fingerprint density at radius 2 is 1.79 bits per heavy atom. The maximum Gasteiger partial charge on any atom is 0.338 e. The van der Waals surface area contributed by atoms with Crippen LogP contribution in [0.25, 0.3) is 11.8 Å². The molecule has 4 amide bonds. The summed E-state index contributed by atoms with van der Waals surface area (Å²) in [6.07, 6.45) is 2.33. The highest BCUT2D eigenvalue weighted by Crippen LogP contribution is 2.27. The zero-order chi connectivity index (χ0) is 27.6. The number of esters is 1. The average Bonchev–Trinajstić information content (AvgIpc) is 3.32. The first-order valence-corrected chi connectivity index (χ1v) is 12.3. The first kappa shape index (κ1) is 26.4. The minimum atomic E-state index is -0.657. The summed E-state index contributed by atoms with van der Waals surface area (Å²) in [7, 11) is 1.34. The number of amides is 4. The fraction of sp³-hybridized carbons (Fsp3) is 0.241. The van der Waals surface area contributed by atoms with Gasteiger partial charge in [0, 0.05) is 22.8 Å². The molecular weight excluding hydrogens is 484 g/mol. The number of benzene rings is 2. The Bertz CT molecular complexity index is 1480. The predicted octanol–water partition coefficient (Wildman–Crippen LogP) is 4.28. The van der Waals surface area contributed by atoms with Crippen LogP contribution in [0.4, 0.5) is 10.5 Å². The van der Waals surface area contributed by atoms with E-state index in [1.165, 1.54) is 7.11 Å². The van der Waals surface area contributed by atoms with E-state index in [0.29, 0.717) is 11.3 Å². The van der Waals surface area contributed by atoms with Crippen molar-refractivity contribution in [1.29, 1.82) is 0 Å². The number of hydrogen-bond acceptors (Lipinski definition) is 5. The first-order chi connectivity index (χ1) is 18.2. The molecular formula is C29H30N4O5. The molecule has 0 saturated carbocycles. The smallest absolute Gasteiger partial charge is 0.338 e. The number of aromatic nitrogens is 1. The number of methoxy groups -OCH3 is 1. The lowest BCUT2D eigenvalue weighted by Crippen LogP contribution is -2.38. The topological polar surface area (TPSA) is 110 Å². The lowest BCUT2D eigenvalue weighted by Gasteiger charge is -2.15. The van der Waals surface area contributed by atoms with E-state index in [9.17, 15) is 19.2 Å². The van der Waals surface area contributed by atoms with E-state index in [1.54, 1.807) is 24.3 Å². The highest BCUT2D eigenvalue weighted by atomic mass is 16.5. The maximum atomic E-state index is 13.0. The lowest BCUT2D eigenvalue weighted by molar-refractivity contribution is -0.127. The number of nitrogens with one attached hydrogen (secondary N) is 2. The molecule has 2 aromatic carbocycles. The lowest BCUT2D eigenvalue weighted by atomic mass is 10.1. The van der Waals surface area contributed by atoms with Crippen molar-refractivity contribution in [2.45, 2.75) is 34.1 Å². The SMILES string of the molecule is CCc1ccccc1NC(=O)CN1C(=O)N/C(=C/c2cc(C)n(-c3cccc(C(=O)OC)c3C)c2C)C1=O. The van der Waals surface area contributed by atoms with Crippen LogP contribution in [-0.2, 0) is 20.7 Å². The third kappa shape index (κ3) is 4.95. The van der Waals surface area contributed by atoms with E-state index in [-0.39, 0.29) is 5.70 Å². The van der Waals surface area contributed by atoms with Crippen LogP contribution in [0.15, 0.2) is 54.2 Å². The molecule has 1 saturated heterocycles. The fourth-order valence-electron chi connectivity index (χ4n) is 4.66. The third-order valence-corrected chi connectivity index (χ3v) is 6.66. The number of aryl methyl sites for hydroxylation is 2.